The average molecular weight is 203 g/mol. The number of nitrogens with two attached hydrogens (primary N) is 2. The fourth-order valence-corrected chi connectivity index (χ4v) is 0.913. The monoisotopic (exact) mass is 203 g/mol. The minimum atomic E-state index is -0.990. The number of carboxylic acids is 1. The minimum Gasteiger partial charge on any atom is -0.480 e. The van der Waals surface area contributed by atoms with Crippen molar-refractivity contribution >= 4 is 11.9 Å². The van der Waals surface area contributed by atoms with Crippen LogP contribution in [0.5, 0.6) is 0 Å². The third kappa shape index (κ3) is 6.38. The quantitative estimate of drug-likeness (QED) is 0.381. The summed E-state index contributed by atoms with van der Waals surface area (Å²) in [5, 5.41) is 11.0. The Hall–Kier alpha value is -1.14. The summed E-state index contributed by atoms with van der Waals surface area (Å²) in [6, 6.07) is -0.805. The van der Waals surface area contributed by atoms with Crippen LogP contribution in [0.1, 0.15) is 19.3 Å². The summed E-state index contributed by atoms with van der Waals surface area (Å²) in [4.78, 5) is 21.0. The molecule has 0 spiro atoms. The topological polar surface area (TPSA) is 118 Å². The molecule has 0 aromatic heterocycles. The molecule has 0 aromatic carbocycles. The molecule has 0 rings (SSSR count). The van der Waals surface area contributed by atoms with Gasteiger partial charge in [0, 0.05) is 6.54 Å². The Kier molecular flexibility index (Phi) is 6.69. The molecule has 0 saturated carbocycles. The standard InChI is InChI=1S/C8H17N3O3/c9-5-7(12)11-4-2-1-3-6(10)8(13)14/h6H,1-5,9-10H2,(H,11,12)(H,13,14)/t6-/m0/s1. The molecule has 6 heteroatoms. The van der Waals surface area contributed by atoms with Crippen LogP contribution >= 0.6 is 0 Å². The van der Waals surface area contributed by atoms with Crippen molar-refractivity contribution in [2.24, 2.45) is 11.5 Å². The van der Waals surface area contributed by atoms with Crippen LogP contribution in [0, 0.1) is 0 Å². The first-order valence-electron chi connectivity index (χ1n) is 4.53. The van der Waals surface area contributed by atoms with Gasteiger partial charge in [-0.1, -0.05) is 0 Å². The Bertz CT molecular complexity index is 196. The number of carbonyl (C=O) groups excluding carboxylic acids is 1. The van der Waals surface area contributed by atoms with Gasteiger partial charge in [0.2, 0.25) is 5.91 Å². The van der Waals surface area contributed by atoms with E-state index in [2.05, 4.69) is 5.32 Å². The SMILES string of the molecule is NCC(=O)NCCCC[C@H](N)C(=O)O. The van der Waals surface area contributed by atoms with Crippen LogP contribution in [-0.4, -0.2) is 36.1 Å². The lowest BCUT2D eigenvalue weighted by molar-refractivity contribution is -0.138. The van der Waals surface area contributed by atoms with E-state index in [1.54, 1.807) is 0 Å². The van der Waals surface area contributed by atoms with Gasteiger partial charge in [0.25, 0.3) is 0 Å². The third-order valence-electron chi connectivity index (χ3n) is 1.77. The molecule has 0 aromatic rings. The molecule has 0 aliphatic heterocycles. The molecular weight excluding hydrogens is 186 g/mol. The Morgan fingerprint density at radius 3 is 2.50 bits per heavy atom. The summed E-state index contributed by atoms with van der Waals surface area (Å²) in [5.41, 5.74) is 10.3. The summed E-state index contributed by atoms with van der Waals surface area (Å²) < 4.78 is 0. The van der Waals surface area contributed by atoms with Gasteiger partial charge in [-0.15, -0.1) is 0 Å². The molecule has 0 heterocycles. The smallest absolute Gasteiger partial charge is 0.320 e. The Balaban J connectivity index is 3.30. The molecule has 0 radical (unpaired) electrons. The largest absolute Gasteiger partial charge is 0.480 e. The molecule has 82 valence electrons. The van der Waals surface area contributed by atoms with E-state index in [9.17, 15) is 9.59 Å². The van der Waals surface area contributed by atoms with E-state index in [-0.39, 0.29) is 12.5 Å². The van der Waals surface area contributed by atoms with Crippen LogP contribution in [0.4, 0.5) is 0 Å². The maximum absolute atomic E-state index is 10.7. The van der Waals surface area contributed by atoms with Gasteiger partial charge < -0.3 is 21.9 Å². The molecule has 14 heavy (non-hydrogen) atoms. The van der Waals surface area contributed by atoms with Crippen molar-refractivity contribution < 1.29 is 14.7 Å². The summed E-state index contributed by atoms with van der Waals surface area (Å²) in [5.74, 6) is -1.19. The summed E-state index contributed by atoms with van der Waals surface area (Å²) in [6.45, 7) is 0.497. The van der Waals surface area contributed by atoms with E-state index in [1.807, 2.05) is 0 Å². The number of hydrogen-bond acceptors (Lipinski definition) is 4. The van der Waals surface area contributed by atoms with Crippen LogP contribution in [0.25, 0.3) is 0 Å². The van der Waals surface area contributed by atoms with Crippen molar-refractivity contribution in [2.45, 2.75) is 25.3 Å². The summed E-state index contributed by atoms with van der Waals surface area (Å²) >= 11 is 0. The number of aliphatic carboxylic acids is 1. The van der Waals surface area contributed by atoms with Gasteiger partial charge in [0.15, 0.2) is 0 Å². The van der Waals surface area contributed by atoms with Crippen molar-refractivity contribution in [3.63, 3.8) is 0 Å². The van der Waals surface area contributed by atoms with E-state index in [0.717, 1.165) is 0 Å². The molecule has 0 unspecified atom stereocenters. The van der Waals surface area contributed by atoms with Crippen molar-refractivity contribution in [1.29, 1.82) is 0 Å². The van der Waals surface area contributed by atoms with Crippen molar-refractivity contribution in [2.75, 3.05) is 13.1 Å². The van der Waals surface area contributed by atoms with Gasteiger partial charge >= 0.3 is 5.97 Å². The highest BCUT2D eigenvalue weighted by molar-refractivity contribution is 5.77. The van der Waals surface area contributed by atoms with Gasteiger partial charge in [-0.3, -0.25) is 9.59 Å². The zero-order chi connectivity index (χ0) is 11.0. The number of hydrogen-bond donors (Lipinski definition) is 4. The molecule has 1 amide bonds. The number of carboxylic acid groups (broad SMARTS) is 1. The second-order valence-electron chi connectivity index (χ2n) is 2.99. The van der Waals surface area contributed by atoms with Crippen molar-refractivity contribution in [3.05, 3.63) is 0 Å². The van der Waals surface area contributed by atoms with E-state index in [0.29, 0.717) is 25.8 Å². The molecule has 0 bridgehead atoms. The Labute approximate surface area is 82.6 Å². The number of nitrogens with one attached hydrogen (secondary N) is 1. The second kappa shape index (κ2) is 7.28. The molecule has 1 atom stereocenters. The normalized spacial score (nSPS) is 12.1. The molecule has 0 fully saturated rings. The fourth-order valence-electron chi connectivity index (χ4n) is 0.913. The van der Waals surface area contributed by atoms with Gasteiger partial charge in [-0.2, -0.15) is 0 Å². The molecule has 6 N–H and O–H groups in total. The predicted molar refractivity (Wildman–Crippen MR) is 51.5 cm³/mol. The first-order chi connectivity index (χ1) is 6.57. The maximum atomic E-state index is 10.7. The van der Waals surface area contributed by atoms with Crippen LogP contribution in [0.3, 0.4) is 0 Å². The van der Waals surface area contributed by atoms with Gasteiger partial charge in [0.05, 0.1) is 6.54 Å². The first-order valence-corrected chi connectivity index (χ1v) is 4.53. The molecule has 6 nitrogen and oxygen atoms in total. The van der Waals surface area contributed by atoms with Gasteiger partial charge in [0.1, 0.15) is 6.04 Å². The minimum absolute atomic E-state index is 0.0192. The zero-order valence-corrected chi connectivity index (χ0v) is 8.03. The lowest BCUT2D eigenvalue weighted by atomic mass is 10.1. The zero-order valence-electron chi connectivity index (χ0n) is 8.03. The highest BCUT2D eigenvalue weighted by Gasteiger charge is 2.09. The van der Waals surface area contributed by atoms with E-state index in [4.69, 9.17) is 16.6 Å². The third-order valence-corrected chi connectivity index (χ3v) is 1.77. The van der Waals surface area contributed by atoms with Crippen LogP contribution in [-0.2, 0) is 9.59 Å². The molecular formula is C8H17N3O3. The van der Waals surface area contributed by atoms with E-state index >= 15 is 0 Å². The van der Waals surface area contributed by atoms with Crippen molar-refractivity contribution in [1.82, 2.24) is 5.32 Å². The number of amides is 1. The van der Waals surface area contributed by atoms with Gasteiger partial charge in [-0.05, 0) is 19.3 Å². The highest BCUT2D eigenvalue weighted by atomic mass is 16.4. The molecule has 0 aliphatic rings. The average Bonchev–Trinajstić information content (AvgIpc) is 2.16. The van der Waals surface area contributed by atoms with E-state index in [1.165, 1.54) is 0 Å². The number of rotatable bonds is 7. The number of unbranched alkanes of at least 4 members (excludes halogenated alkanes) is 1. The first kappa shape index (κ1) is 12.9. The van der Waals surface area contributed by atoms with Crippen LogP contribution in [0.15, 0.2) is 0 Å². The maximum Gasteiger partial charge on any atom is 0.320 e. The predicted octanol–water partition coefficient (Wildman–Crippen LogP) is -1.36. The van der Waals surface area contributed by atoms with Crippen LogP contribution in [0.2, 0.25) is 0 Å². The van der Waals surface area contributed by atoms with E-state index < -0.39 is 12.0 Å². The Morgan fingerprint density at radius 2 is 2.00 bits per heavy atom. The summed E-state index contributed by atoms with van der Waals surface area (Å²) in [6.07, 6.45) is 1.82. The van der Waals surface area contributed by atoms with Crippen LogP contribution < -0.4 is 16.8 Å². The van der Waals surface area contributed by atoms with Gasteiger partial charge in [-0.25, -0.2) is 0 Å². The molecule has 0 aliphatic carbocycles. The summed E-state index contributed by atoms with van der Waals surface area (Å²) in [7, 11) is 0. The second-order valence-corrected chi connectivity index (χ2v) is 2.99. The van der Waals surface area contributed by atoms with Crippen molar-refractivity contribution in [3.8, 4) is 0 Å². The lowest BCUT2D eigenvalue weighted by Crippen LogP contribution is -2.32. The molecule has 0 saturated heterocycles. The highest BCUT2D eigenvalue weighted by Crippen LogP contribution is 1.97. The lowest BCUT2D eigenvalue weighted by Gasteiger charge is -2.06. The fraction of sp³-hybridized carbons (Fsp3) is 0.750. The Morgan fingerprint density at radius 1 is 1.36 bits per heavy atom. The number of carbonyl (C=O) groups is 2.